The summed E-state index contributed by atoms with van der Waals surface area (Å²) in [5.74, 6) is -0.290. The number of benzene rings is 1. The van der Waals surface area contributed by atoms with Gasteiger partial charge in [0.05, 0.1) is 11.6 Å². The number of halogens is 4. The molecule has 0 heterocycles. The Morgan fingerprint density at radius 1 is 1.24 bits per heavy atom. The highest BCUT2D eigenvalue weighted by atomic mass is 35.5. The molecule has 21 heavy (non-hydrogen) atoms. The normalized spacial score (nSPS) is 13.3. The molecular weight excluding hydrogens is 305 g/mol. The van der Waals surface area contributed by atoms with Gasteiger partial charge in [0.25, 0.3) is 0 Å². The molecule has 1 unspecified atom stereocenters. The molecule has 0 radical (unpaired) electrons. The Morgan fingerprint density at radius 3 is 2.10 bits per heavy atom. The van der Waals surface area contributed by atoms with Crippen molar-refractivity contribution in [3.8, 4) is 0 Å². The molecule has 0 spiro atoms. The van der Waals surface area contributed by atoms with Gasteiger partial charge < -0.3 is 11.1 Å². The van der Waals surface area contributed by atoms with Crippen molar-refractivity contribution in [1.82, 2.24) is 5.32 Å². The molecule has 3 N–H and O–H groups in total. The fraction of sp³-hybridized carbons (Fsp3) is 0.500. The SMILES string of the molecule is CC(N)C(=O)NC(C)(C)Cc1ccc(C(F)(F)F)cc1.Cl. The van der Waals surface area contributed by atoms with Gasteiger partial charge in [-0.25, -0.2) is 0 Å². The number of carbonyl (C=O) groups excluding carboxylic acids is 1. The van der Waals surface area contributed by atoms with E-state index in [2.05, 4.69) is 5.32 Å². The van der Waals surface area contributed by atoms with Crippen LogP contribution < -0.4 is 11.1 Å². The van der Waals surface area contributed by atoms with Gasteiger partial charge in [0.2, 0.25) is 5.91 Å². The monoisotopic (exact) mass is 324 g/mol. The van der Waals surface area contributed by atoms with Crippen LogP contribution in [0.4, 0.5) is 13.2 Å². The topological polar surface area (TPSA) is 55.1 Å². The largest absolute Gasteiger partial charge is 0.416 e. The summed E-state index contributed by atoms with van der Waals surface area (Å²) in [6, 6.07) is 4.30. The lowest BCUT2D eigenvalue weighted by atomic mass is 9.94. The molecule has 0 aliphatic rings. The first-order valence-electron chi connectivity index (χ1n) is 6.25. The van der Waals surface area contributed by atoms with E-state index in [1.54, 1.807) is 20.8 Å². The van der Waals surface area contributed by atoms with E-state index in [1.807, 2.05) is 0 Å². The minimum Gasteiger partial charge on any atom is -0.350 e. The smallest absolute Gasteiger partial charge is 0.350 e. The zero-order chi connectivity index (χ0) is 15.6. The number of hydrogen-bond acceptors (Lipinski definition) is 2. The van der Waals surface area contributed by atoms with Crippen molar-refractivity contribution in [3.05, 3.63) is 35.4 Å². The highest BCUT2D eigenvalue weighted by molar-refractivity contribution is 5.85. The quantitative estimate of drug-likeness (QED) is 0.894. The minimum absolute atomic E-state index is 0. The number of rotatable bonds is 4. The van der Waals surface area contributed by atoms with Crippen molar-refractivity contribution in [2.24, 2.45) is 5.73 Å². The molecule has 1 amide bonds. The van der Waals surface area contributed by atoms with Gasteiger partial charge in [-0.2, -0.15) is 13.2 Å². The van der Waals surface area contributed by atoms with Gasteiger partial charge in [0.15, 0.2) is 0 Å². The third-order valence-electron chi connectivity index (χ3n) is 2.80. The predicted octanol–water partition coefficient (Wildman–Crippen LogP) is 2.91. The fourth-order valence-corrected chi connectivity index (χ4v) is 1.81. The number of nitrogens with two attached hydrogens (primary N) is 1. The van der Waals surface area contributed by atoms with Crippen molar-refractivity contribution in [2.45, 2.75) is 44.9 Å². The highest BCUT2D eigenvalue weighted by Gasteiger charge is 2.30. The molecule has 0 aliphatic carbocycles. The molecule has 1 rings (SSSR count). The second kappa shape index (κ2) is 7.13. The van der Waals surface area contributed by atoms with E-state index < -0.39 is 23.3 Å². The van der Waals surface area contributed by atoms with Crippen molar-refractivity contribution in [3.63, 3.8) is 0 Å². The van der Waals surface area contributed by atoms with Gasteiger partial charge in [-0.15, -0.1) is 12.4 Å². The average molecular weight is 325 g/mol. The van der Waals surface area contributed by atoms with Crippen molar-refractivity contribution < 1.29 is 18.0 Å². The number of carbonyl (C=O) groups is 1. The Morgan fingerprint density at radius 2 is 1.71 bits per heavy atom. The van der Waals surface area contributed by atoms with E-state index in [9.17, 15) is 18.0 Å². The summed E-state index contributed by atoms with van der Waals surface area (Å²) in [7, 11) is 0. The van der Waals surface area contributed by atoms with Crippen LogP contribution in [-0.4, -0.2) is 17.5 Å². The molecule has 0 saturated carbocycles. The summed E-state index contributed by atoms with van der Waals surface area (Å²) in [6.45, 7) is 5.17. The molecule has 7 heteroatoms. The van der Waals surface area contributed by atoms with E-state index >= 15 is 0 Å². The summed E-state index contributed by atoms with van der Waals surface area (Å²) >= 11 is 0. The predicted molar refractivity (Wildman–Crippen MR) is 78.3 cm³/mol. The van der Waals surface area contributed by atoms with Crippen LogP contribution in [0.3, 0.4) is 0 Å². The van der Waals surface area contributed by atoms with Gasteiger partial charge in [-0.05, 0) is 44.9 Å². The van der Waals surface area contributed by atoms with Gasteiger partial charge in [0, 0.05) is 5.54 Å². The van der Waals surface area contributed by atoms with Crippen LogP contribution in [0.15, 0.2) is 24.3 Å². The summed E-state index contributed by atoms with van der Waals surface area (Å²) in [6.07, 6.45) is -3.92. The first kappa shape index (κ1) is 19.7. The summed E-state index contributed by atoms with van der Waals surface area (Å²) < 4.78 is 37.3. The van der Waals surface area contributed by atoms with Crippen LogP contribution in [0.1, 0.15) is 31.9 Å². The Labute approximate surface area is 128 Å². The molecule has 1 atom stereocenters. The molecule has 3 nitrogen and oxygen atoms in total. The maximum Gasteiger partial charge on any atom is 0.416 e. The van der Waals surface area contributed by atoms with Gasteiger partial charge in [0.1, 0.15) is 0 Å². The lowest BCUT2D eigenvalue weighted by Gasteiger charge is -2.27. The third-order valence-corrected chi connectivity index (χ3v) is 2.80. The minimum atomic E-state index is -4.34. The van der Waals surface area contributed by atoms with E-state index in [4.69, 9.17) is 5.73 Å². The van der Waals surface area contributed by atoms with E-state index in [1.165, 1.54) is 12.1 Å². The molecule has 0 aliphatic heterocycles. The van der Waals surface area contributed by atoms with E-state index in [-0.39, 0.29) is 18.3 Å². The maximum atomic E-state index is 12.4. The third kappa shape index (κ3) is 6.35. The van der Waals surface area contributed by atoms with Crippen LogP contribution in [0.2, 0.25) is 0 Å². The van der Waals surface area contributed by atoms with Crippen LogP contribution in [0, 0.1) is 0 Å². The van der Waals surface area contributed by atoms with Crippen molar-refractivity contribution in [2.75, 3.05) is 0 Å². The number of hydrogen-bond donors (Lipinski definition) is 2. The molecule has 0 aromatic heterocycles. The summed E-state index contributed by atoms with van der Waals surface area (Å²) in [5, 5.41) is 2.76. The first-order valence-corrected chi connectivity index (χ1v) is 6.25. The van der Waals surface area contributed by atoms with E-state index in [0.29, 0.717) is 12.0 Å². The zero-order valence-corrected chi connectivity index (χ0v) is 12.9. The van der Waals surface area contributed by atoms with E-state index in [0.717, 1.165) is 12.1 Å². The Balaban J connectivity index is 0.00000400. The molecule has 1 aromatic rings. The van der Waals surface area contributed by atoms with Crippen LogP contribution in [0.25, 0.3) is 0 Å². The molecule has 0 fully saturated rings. The van der Waals surface area contributed by atoms with Gasteiger partial charge in [-0.1, -0.05) is 12.1 Å². The summed E-state index contributed by atoms with van der Waals surface area (Å²) in [5.41, 5.74) is 4.92. The van der Waals surface area contributed by atoms with Crippen molar-refractivity contribution >= 4 is 18.3 Å². The number of nitrogens with one attached hydrogen (secondary N) is 1. The molecular formula is C14H20ClF3N2O. The Bertz CT molecular complexity index is 470. The van der Waals surface area contributed by atoms with Crippen LogP contribution in [0.5, 0.6) is 0 Å². The molecule has 1 aromatic carbocycles. The lowest BCUT2D eigenvalue weighted by molar-refractivity contribution is -0.137. The summed E-state index contributed by atoms with van der Waals surface area (Å²) in [4.78, 5) is 11.5. The maximum absolute atomic E-state index is 12.4. The lowest BCUT2D eigenvalue weighted by Crippen LogP contribution is -2.50. The fourth-order valence-electron chi connectivity index (χ4n) is 1.81. The Kier molecular flexibility index (Phi) is 6.70. The van der Waals surface area contributed by atoms with Crippen LogP contribution >= 0.6 is 12.4 Å². The standard InChI is InChI=1S/C14H19F3N2O.ClH/c1-9(18)12(20)19-13(2,3)8-10-4-6-11(7-5-10)14(15,16)17;/h4-7,9H,8,18H2,1-3H3,(H,19,20);1H. The molecule has 120 valence electrons. The molecule has 0 saturated heterocycles. The Hall–Kier alpha value is -1.27. The van der Waals surface area contributed by atoms with Crippen LogP contribution in [-0.2, 0) is 17.4 Å². The zero-order valence-electron chi connectivity index (χ0n) is 12.1. The first-order chi connectivity index (χ1) is 9.01. The van der Waals surface area contributed by atoms with Gasteiger partial charge >= 0.3 is 6.18 Å². The number of amides is 1. The second-order valence-corrected chi connectivity index (χ2v) is 5.53. The molecule has 0 bridgehead atoms. The second-order valence-electron chi connectivity index (χ2n) is 5.53. The van der Waals surface area contributed by atoms with Gasteiger partial charge in [-0.3, -0.25) is 4.79 Å². The average Bonchev–Trinajstić information content (AvgIpc) is 2.26. The van der Waals surface area contributed by atoms with Crippen molar-refractivity contribution in [1.29, 1.82) is 0 Å². The number of alkyl halides is 3. The highest BCUT2D eigenvalue weighted by Crippen LogP contribution is 2.29.